The molecule has 0 amide bonds. The SMILES string of the molecule is c1ccc([C](c2ccccc2)C(c2ccccc2)c2ccccc2)cc1. The van der Waals surface area contributed by atoms with Crippen LogP contribution >= 0.6 is 0 Å². The Hall–Kier alpha value is -3.12. The number of rotatable bonds is 5. The number of hydrogen-bond acceptors (Lipinski definition) is 0. The van der Waals surface area contributed by atoms with E-state index >= 15 is 0 Å². The molecule has 0 fully saturated rings. The van der Waals surface area contributed by atoms with Crippen LogP contribution in [0.1, 0.15) is 28.2 Å². The first kappa shape index (κ1) is 16.4. The van der Waals surface area contributed by atoms with Crippen LogP contribution in [-0.2, 0) is 0 Å². The predicted octanol–water partition coefficient (Wildman–Crippen LogP) is 6.49. The molecule has 1 radical (unpaired) electrons. The van der Waals surface area contributed by atoms with Crippen LogP contribution in [0, 0.1) is 5.92 Å². The zero-order valence-corrected chi connectivity index (χ0v) is 14.6. The van der Waals surface area contributed by atoms with E-state index in [1.54, 1.807) is 0 Å². The lowest BCUT2D eigenvalue weighted by Crippen LogP contribution is -2.15. The molecule has 0 aromatic heterocycles. The van der Waals surface area contributed by atoms with Crippen molar-refractivity contribution in [2.24, 2.45) is 0 Å². The molecule has 0 unspecified atom stereocenters. The molecule has 26 heavy (non-hydrogen) atoms. The second-order valence-electron chi connectivity index (χ2n) is 6.40. The molecule has 0 spiro atoms. The summed E-state index contributed by atoms with van der Waals surface area (Å²) in [6, 6.07) is 43.0. The van der Waals surface area contributed by atoms with Gasteiger partial charge in [0.05, 0.1) is 0 Å². The van der Waals surface area contributed by atoms with Gasteiger partial charge in [0.1, 0.15) is 0 Å². The molecule has 0 saturated carbocycles. The van der Waals surface area contributed by atoms with Crippen molar-refractivity contribution in [3.05, 3.63) is 149 Å². The minimum Gasteiger partial charge on any atom is -0.0622 e. The van der Waals surface area contributed by atoms with E-state index in [1.165, 1.54) is 28.2 Å². The fraction of sp³-hybridized carbons (Fsp3) is 0.0385. The molecule has 0 aliphatic heterocycles. The van der Waals surface area contributed by atoms with Crippen LogP contribution in [0.5, 0.6) is 0 Å². The highest BCUT2D eigenvalue weighted by Gasteiger charge is 2.28. The van der Waals surface area contributed by atoms with E-state index in [0.717, 1.165) is 0 Å². The highest BCUT2D eigenvalue weighted by molar-refractivity contribution is 5.55. The van der Waals surface area contributed by atoms with Crippen molar-refractivity contribution in [2.45, 2.75) is 5.92 Å². The minimum absolute atomic E-state index is 0.183. The first-order valence-electron chi connectivity index (χ1n) is 9.01. The van der Waals surface area contributed by atoms with E-state index in [0.29, 0.717) is 0 Å². The molecule has 0 saturated heterocycles. The highest BCUT2D eigenvalue weighted by Crippen LogP contribution is 2.41. The zero-order valence-electron chi connectivity index (χ0n) is 14.6. The Bertz CT molecular complexity index is 753. The second-order valence-corrected chi connectivity index (χ2v) is 6.40. The minimum atomic E-state index is 0.183. The van der Waals surface area contributed by atoms with E-state index in [9.17, 15) is 0 Å². The normalized spacial score (nSPS) is 11.0. The molecule has 0 nitrogen and oxygen atoms in total. The Kier molecular flexibility index (Phi) is 4.93. The first-order valence-corrected chi connectivity index (χ1v) is 9.01. The van der Waals surface area contributed by atoms with Gasteiger partial charge in [0.25, 0.3) is 0 Å². The molecule has 125 valence electrons. The van der Waals surface area contributed by atoms with Gasteiger partial charge >= 0.3 is 0 Å². The molecule has 0 bridgehead atoms. The van der Waals surface area contributed by atoms with Gasteiger partial charge in [-0.1, -0.05) is 121 Å². The second kappa shape index (κ2) is 7.84. The van der Waals surface area contributed by atoms with Gasteiger partial charge in [-0.2, -0.15) is 0 Å². The van der Waals surface area contributed by atoms with Crippen LogP contribution in [0.25, 0.3) is 0 Å². The van der Waals surface area contributed by atoms with E-state index in [2.05, 4.69) is 121 Å². The molecule has 0 atom stereocenters. The largest absolute Gasteiger partial charge is 0.0622 e. The van der Waals surface area contributed by atoms with Gasteiger partial charge in [-0.3, -0.25) is 0 Å². The molecule has 4 aromatic carbocycles. The van der Waals surface area contributed by atoms with Crippen molar-refractivity contribution in [1.29, 1.82) is 0 Å². The van der Waals surface area contributed by atoms with Crippen LogP contribution in [0.2, 0.25) is 0 Å². The molecule has 0 aliphatic carbocycles. The van der Waals surface area contributed by atoms with Crippen molar-refractivity contribution in [3.8, 4) is 0 Å². The summed E-state index contributed by atoms with van der Waals surface area (Å²) in [5.41, 5.74) is 5.13. The van der Waals surface area contributed by atoms with E-state index < -0.39 is 0 Å². The van der Waals surface area contributed by atoms with E-state index in [-0.39, 0.29) is 5.92 Å². The van der Waals surface area contributed by atoms with Crippen LogP contribution in [0.3, 0.4) is 0 Å². The van der Waals surface area contributed by atoms with Crippen LogP contribution in [-0.4, -0.2) is 0 Å². The lowest BCUT2D eigenvalue weighted by atomic mass is 9.74. The summed E-state index contributed by atoms with van der Waals surface area (Å²) in [7, 11) is 0. The molecular weight excluding hydrogens is 312 g/mol. The average molecular weight is 333 g/mol. The molecule has 4 aromatic rings. The topological polar surface area (TPSA) is 0 Å². The lowest BCUT2D eigenvalue weighted by Gasteiger charge is -2.28. The third-order valence-corrected chi connectivity index (χ3v) is 4.72. The van der Waals surface area contributed by atoms with Gasteiger partial charge in [0, 0.05) is 11.8 Å². The van der Waals surface area contributed by atoms with Crippen molar-refractivity contribution in [2.75, 3.05) is 0 Å². The smallest absolute Gasteiger partial charge is 0.0458 e. The summed E-state index contributed by atoms with van der Waals surface area (Å²) >= 11 is 0. The highest BCUT2D eigenvalue weighted by atomic mass is 14.3. The molecular formula is C26H21. The summed E-state index contributed by atoms with van der Waals surface area (Å²) in [5.74, 6) is 1.52. The standard InChI is InChI=1S/C26H21/c1-5-13-21(14-6-1)25(22-15-7-2-8-16-22)26(23-17-9-3-10-18-23)24-19-11-4-12-20-24/h1-20,25H. The third-order valence-electron chi connectivity index (χ3n) is 4.72. The maximum atomic E-state index is 2.23. The van der Waals surface area contributed by atoms with Crippen LogP contribution < -0.4 is 0 Å². The Morgan fingerprint density at radius 2 is 0.692 bits per heavy atom. The quantitative estimate of drug-likeness (QED) is 0.391. The van der Waals surface area contributed by atoms with Crippen molar-refractivity contribution in [3.63, 3.8) is 0 Å². The summed E-state index contributed by atoms with van der Waals surface area (Å²) in [6.45, 7) is 0. The maximum Gasteiger partial charge on any atom is 0.0458 e. The lowest BCUT2D eigenvalue weighted by molar-refractivity contribution is 0.869. The maximum absolute atomic E-state index is 2.23. The molecule has 0 N–H and O–H groups in total. The van der Waals surface area contributed by atoms with E-state index in [1.807, 2.05) is 0 Å². The number of hydrogen-bond donors (Lipinski definition) is 0. The zero-order chi connectivity index (χ0) is 17.6. The van der Waals surface area contributed by atoms with Crippen LogP contribution in [0.15, 0.2) is 121 Å². The van der Waals surface area contributed by atoms with Gasteiger partial charge in [0.15, 0.2) is 0 Å². The van der Waals surface area contributed by atoms with Crippen molar-refractivity contribution in [1.82, 2.24) is 0 Å². The third kappa shape index (κ3) is 3.45. The Balaban J connectivity index is 1.93. The average Bonchev–Trinajstić information content (AvgIpc) is 2.74. The predicted molar refractivity (Wildman–Crippen MR) is 109 cm³/mol. The van der Waals surface area contributed by atoms with Gasteiger partial charge in [-0.05, 0) is 22.3 Å². The Labute approximate surface area is 155 Å². The van der Waals surface area contributed by atoms with Gasteiger partial charge < -0.3 is 0 Å². The van der Waals surface area contributed by atoms with Crippen molar-refractivity contribution < 1.29 is 0 Å². The van der Waals surface area contributed by atoms with Crippen molar-refractivity contribution >= 4 is 0 Å². The molecule has 0 heterocycles. The fourth-order valence-corrected chi connectivity index (χ4v) is 3.55. The molecule has 0 heteroatoms. The molecule has 4 rings (SSSR count). The Morgan fingerprint density at radius 3 is 1.04 bits per heavy atom. The van der Waals surface area contributed by atoms with Gasteiger partial charge in [-0.15, -0.1) is 0 Å². The summed E-state index contributed by atoms with van der Waals surface area (Å²) in [6.07, 6.45) is 0. The Morgan fingerprint density at radius 1 is 0.385 bits per heavy atom. The first-order chi connectivity index (χ1) is 12.9. The fourth-order valence-electron chi connectivity index (χ4n) is 3.55. The number of benzene rings is 4. The summed E-state index contributed by atoms with van der Waals surface area (Å²) < 4.78 is 0. The van der Waals surface area contributed by atoms with E-state index in [4.69, 9.17) is 0 Å². The molecule has 0 aliphatic rings. The van der Waals surface area contributed by atoms with Gasteiger partial charge in [-0.25, -0.2) is 0 Å². The van der Waals surface area contributed by atoms with Gasteiger partial charge in [0.2, 0.25) is 0 Å². The summed E-state index contributed by atoms with van der Waals surface area (Å²) in [4.78, 5) is 0. The van der Waals surface area contributed by atoms with Crippen LogP contribution in [0.4, 0.5) is 0 Å². The monoisotopic (exact) mass is 333 g/mol. The summed E-state index contributed by atoms with van der Waals surface area (Å²) in [5, 5.41) is 0.